The number of rotatable bonds is 5. The van der Waals surface area contributed by atoms with E-state index in [2.05, 4.69) is 17.1 Å². The zero-order chi connectivity index (χ0) is 16.9. The van der Waals surface area contributed by atoms with Crippen LogP contribution in [0.2, 0.25) is 0 Å². The van der Waals surface area contributed by atoms with Crippen molar-refractivity contribution in [3.63, 3.8) is 0 Å². The van der Waals surface area contributed by atoms with Crippen LogP contribution in [0.3, 0.4) is 0 Å². The molecule has 5 heteroatoms. The Balaban J connectivity index is 1.55. The van der Waals surface area contributed by atoms with Gasteiger partial charge in [-0.15, -0.1) is 0 Å². The first kappa shape index (κ1) is 16.7. The maximum atomic E-state index is 12.2. The molecule has 1 amide bonds. The highest BCUT2D eigenvalue weighted by Crippen LogP contribution is 2.16. The number of nitrogens with zero attached hydrogens (tertiary/aromatic N) is 1. The number of carbonyl (C=O) groups excluding carboxylic acids is 1. The molecule has 1 aliphatic rings. The van der Waals surface area contributed by atoms with Crippen LogP contribution in [-0.4, -0.2) is 36.5 Å². The number of para-hydroxylation sites is 1. The Bertz CT molecular complexity index is 769. The maximum Gasteiger partial charge on any atom is 0.349 e. The molecule has 0 bridgehead atoms. The summed E-state index contributed by atoms with van der Waals surface area (Å²) in [5, 5.41) is 3.59. The second kappa shape index (κ2) is 7.62. The van der Waals surface area contributed by atoms with Crippen molar-refractivity contribution in [3.8, 4) is 0 Å². The normalized spacial score (nSPS) is 18.6. The predicted octanol–water partition coefficient (Wildman–Crippen LogP) is 2.79. The Morgan fingerprint density at radius 1 is 1.33 bits per heavy atom. The molecule has 5 nitrogen and oxygen atoms in total. The zero-order valence-corrected chi connectivity index (χ0v) is 14.1. The Hall–Kier alpha value is -2.14. The van der Waals surface area contributed by atoms with Crippen molar-refractivity contribution in [2.45, 2.75) is 38.6 Å². The molecule has 0 radical (unpaired) electrons. The Morgan fingerprint density at radius 2 is 2.17 bits per heavy atom. The first-order valence-electron chi connectivity index (χ1n) is 8.70. The summed E-state index contributed by atoms with van der Waals surface area (Å²) in [5.74, 6) is -0.360. The molecule has 1 saturated heterocycles. The van der Waals surface area contributed by atoms with Gasteiger partial charge in [0.05, 0.1) is 0 Å². The van der Waals surface area contributed by atoms with Crippen LogP contribution in [-0.2, 0) is 0 Å². The third kappa shape index (κ3) is 3.85. The van der Waals surface area contributed by atoms with Gasteiger partial charge in [0.1, 0.15) is 11.1 Å². The van der Waals surface area contributed by atoms with E-state index >= 15 is 0 Å². The van der Waals surface area contributed by atoms with Crippen molar-refractivity contribution in [2.24, 2.45) is 0 Å². The Kier molecular flexibility index (Phi) is 5.30. The van der Waals surface area contributed by atoms with E-state index in [1.165, 1.54) is 19.3 Å². The predicted molar refractivity (Wildman–Crippen MR) is 94.3 cm³/mol. The van der Waals surface area contributed by atoms with Gasteiger partial charge in [-0.3, -0.25) is 4.79 Å². The van der Waals surface area contributed by atoms with E-state index in [0.29, 0.717) is 18.2 Å². The fourth-order valence-corrected chi connectivity index (χ4v) is 3.29. The molecule has 1 N–H and O–H groups in total. The fraction of sp³-hybridized carbons (Fsp3) is 0.474. The molecule has 1 atom stereocenters. The van der Waals surface area contributed by atoms with E-state index < -0.39 is 5.63 Å². The van der Waals surface area contributed by atoms with Crippen LogP contribution < -0.4 is 10.9 Å². The molecule has 2 heterocycles. The SMILES string of the molecule is C[C@H]1CCCCN1CCCNC(=O)c1cc2ccccc2oc1=O. The van der Waals surface area contributed by atoms with Gasteiger partial charge in [0.2, 0.25) is 0 Å². The number of likely N-dealkylation sites (tertiary alicyclic amines) is 1. The molecule has 1 aromatic carbocycles. The van der Waals surface area contributed by atoms with E-state index in [4.69, 9.17) is 4.42 Å². The molecule has 128 valence electrons. The summed E-state index contributed by atoms with van der Waals surface area (Å²) in [5.41, 5.74) is -0.0194. The second-order valence-corrected chi connectivity index (χ2v) is 6.48. The van der Waals surface area contributed by atoms with Gasteiger partial charge in [-0.05, 0) is 44.9 Å². The molecule has 0 aliphatic carbocycles. The standard InChI is InChI=1S/C19H24N2O3/c1-14-7-4-5-11-21(14)12-6-10-20-18(22)16-13-15-8-2-3-9-17(15)24-19(16)23/h2-3,8-9,13-14H,4-7,10-12H2,1H3,(H,20,22)/t14-/m0/s1. The summed E-state index contributed by atoms with van der Waals surface area (Å²) in [6.07, 6.45) is 4.71. The van der Waals surface area contributed by atoms with Crippen LogP contribution >= 0.6 is 0 Å². The highest BCUT2D eigenvalue weighted by molar-refractivity contribution is 5.96. The van der Waals surface area contributed by atoms with Crippen molar-refractivity contribution in [1.82, 2.24) is 10.2 Å². The number of fused-ring (bicyclic) bond motifs is 1. The minimum Gasteiger partial charge on any atom is -0.422 e. The molecule has 24 heavy (non-hydrogen) atoms. The minimum atomic E-state index is -0.587. The second-order valence-electron chi connectivity index (χ2n) is 6.48. The van der Waals surface area contributed by atoms with Crippen LogP contribution in [0, 0.1) is 0 Å². The lowest BCUT2D eigenvalue weighted by Crippen LogP contribution is -2.39. The summed E-state index contributed by atoms with van der Waals surface area (Å²) >= 11 is 0. The smallest absolute Gasteiger partial charge is 0.349 e. The van der Waals surface area contributed by atoms with Crippen molar-refractivity contribution >= 4 is 16.9 Å². The maximum absolute atomic E-state index is 12.2. The summed E-state index contributed by atoms with van der Waals surface area (Å²) in [4.78, 5) is 26.7. The summed E-state index contributed by atoms with van der Waals surface area (Å²) in [6, 6.07) is 9.42. The zero-order valence-electron chi connectivity index (χ0n) is 14.1. The molecule has 0 spiro atoms. The molecule has 2 aromatic rings. The van der Waals surface area contributed by atoms with E-state index in [0.717, 1.165) is 24.9 Å². The summed E-state index contributed by atoms with van der Waals surface area (Å²) in [7, 11) is 0. The van der Waals surface area contributed by atoms with E-state index in [-0.39, 0.29) is 11.5 Å². The molecule has 3 rings (SSSR count). The van der Waals surface area contributed by atoms with Crippen molar-refractivity contribution < 1.29 is 9.21 Å². The van der Waals surface area contributed by atoms with Crippen LogP contribution in [0.15, 0.2) is 39.5 Å². The fourth-order valence-electron chi connectivity index (χ4n) is 3.29. The topological polar surface area (TPSA) is 62.6 Å². The van der Waals surface area contributed by atoms with Crippen molar-refractivity contribution in [2.75, 3.05) is 19.6 Å². The van der Waals surface area contributed by atoms with Gasteiger partial charge in [-0.2, -0.15) is 0 Å². The molecular weight excluding hydrogens is 304 g/mol. The average Bonchev–Trinajstić information content (AvgIpc) is 2.59. The van der Waals surface area contributed by atoms with Crippen LogP contribution in [0.4, 0.5) is 0 Å². The van der Waals surface area contributed by atoms with Gasteiger partial charge < -0.3 is 14.6 Å². The number of nitrogens with one attached hydrogen (secondary N) is 1. The molecule has 0 saturated carbocycles. The molecule has 0 unspecified atom stereocenters. The molecular formula is C19H24N2O3. The van der Waals surface area contributed by atoms with E-state index in [9.17, 15) is 9.59 Å². The molecule has 1 aromatic heterocycles. The van der Waals surface area contributed by atoms with Gasteiger partial charge >= 0.3 is 5.63 Å². The number of hydrogen-bond acceptors (Lipinski definition) is 4. The van der Waals surface area contributed by atoms with Crippen LogP contribution in [0.1, 0.15) is 43.0 Å². The van der Waals surface area contributed by atoms with E-state index in [1.54, 1.807) is 18.2 Å². The van der Waals surface area contributed by atoms with E-state index in [1.807, 2.05) is 12.1 Å². The quantitative estimate of drug-likeness (QED) is 0.677. The van der Waals surface area contributed by atoms with Gasteiger partial charge in [-0.25, -0.2) is 4.79 Å². The van der Waals surface area contributed by atoms with Gasteiger partial charge in [0.15, 0.2) is 0 Å². The number of hydrogen-bond donors (Lipinski definition) is 1. The largest absolute Gasteiger partial charge is 0.422 e. The monoisotopic (exact) mass is 328 g/mol. The Labute approximate surface area is 141 Å². The average molecular weight is 328 g/mol. The number of carbonyl (C=O) groups is 1. The van der Waals surface area contributed by atoms with Crippen LogP contribution in [0.5, 0.6) is 0 Å². The third-order valence-corrected chi connectivity index (χ3v) is 4.73. The number of piperidine rings is 1. The van der Waals surface area contributed by atoms with Gasteiger partial charge in [-0.1, -0.05) is 24.6 Å². The lowest BCUT2D eigenvalue weighted by Gasteiger charge is -2.33. The Morgan fingerprint density at radius 3 is 3.00 bits per heavy atom. The van der Waals surface area contributed by atoms with Crippen molar-refractivity contribution in [1.29, 1.82) is 0 Å². The lowest BCUT2D eigenvalue weighted by molar-refractivity contribution is 0.0945. The highest BCUT2D eigenvalue weighted by atomic mass is 16.4. The summed E-state index contributed by atoms with van der Waals surface area (Å²) < 4.78 is 5.20. The number of amides is 1. The van der Waals surface area contributed by atoms with Gasteiger partial charge in [0.25, 0.3) is 5.91 Å². The minimum absolute atomic E-state index is 0.0695. The third-order valence-electron chi connectivity index (χ3n) is 4.73. The molecule has 1 aliphatic heterocycles. The first-order valence-corrected chi connectivity index (χ1v) is 8.70. The van der Waals surface area contributed by atoms with Gasteiger partial charge in [0, 0.05) is 24.5 Å². The summed E-state index contributed by atoms with van der Waals surface area (Å²) in [6.45, 7) is 4.95. The molecule has 1 fully saturated rings. The van der Waals surface area contributed by atoms with Crippen molar-refractivity contribution in [3.05, 3.63) is 46.3 Å². The number of benzene rings is 1. The lowest BCUT2D eigenvalue weighted by atomic mass is 10.0. The van der Waals surface area contributed by atoms with Crippen LogP contribution in [0.25, 0.3) is 11.0 Å². The highest BCUT2D eigenvalue weighted by Gasteiger charge is 2.18. The first-order chi connectivity index (χ1) is 11.6.